The average molecular weight is 278 g/mol. The monoisotopic (exact) mass is 278 g/mol. The second-order valence-electron chi connectivity index (χ2n) is 4.27. The Hall–Kier alpha value is -1.72. The van der Waals surface area contributed by atoms with Gasteiger partial charge in [-0.15, -0.1) is 11.3 Å². The lowest BCUT2D eigenvalue weighted by Gasteiger charge is -2.17. The van der Waals surface area contributed by atoms with Crippen LogP contribution in [0.3, 0.4) is 0 Å². The number of hydrogen-bond acceptors (Lipinski definition) is 3. The Labute approximate surface area is 115 Å². The Morgan fingerprint density at radius 3 is 2.58 bits per heavy atom. The Bertz CT molecular complexity index is 539. The van der Waals surface area contributed by atoms with Gasteiger partial charge in [0.1, 0.15) is 11.9 Å². The van der Waals surface area contributed by atoms with E-state index in [1.165, 1.54) is 23.5 Å². The molecule has 3 N–H and O–H groups in total. The Balaban J connectivity index is 2.00. The number of hydrogen-bond donors (Lipinski definition) is 2. The Morgan fingerprint density at radius 1 is 1.32 bits per heavy atom. The van der Waals surface area contributed by atoms with E-state index in [1.54, 1.807) is 12.1 Å². The zero-order valence-electron chi connectivity index (χ0n) is 10.5. The van der Waals surface area contributed by atoms with Gasteiger partial charge < -0.3 is 11.1 Å². The van der Waals surface area contributed by atoms with Crippen molar-refractivity contribution in [3.8, 4) is 0 Å². The van der Waals surface area contributed by atoms with Crippen LogP contribution >= 0.6 is 11.3 Å². The van der Waals surface area contributed by atoms with Gasteiger partial charge in [-0.05, 0) is 36.1 Å². The lowest BCUT2D eigenvalue weighted by Crippen LogP contribution is -2.35. The number of carbonyl (C=O) groups is 1. The molecule has 0 aliphatic rings. The summed E-state index contributed by atoms with van der Waals surface area (Å²) in [6.45, 7) is 1.84. The molecule has 1 heterocycles. The first kappa shape index (κ1) is 13.7. The zero-order valence-corrected chi connectivity index (χ0v) is 11.3. The third-order valence-corrected chi connectivity index (χ3v) is 3.82. The highest BCUT2D eigenvalue weighted by molar-refractivity contribution is 7.10. The van der Waals surface area contributed by atoms with Crippen molar-refractivity contribution in [2.24, 2.45) is 5.73 Å². The molecule has 0 aliphatic heterocycles. The summed E-state index contributed by atoms with van der Waals surface area (Å²) in [7, 11) is 0. The van der Waals surface area contributed by atoms with Crippen molar-refractivity contribution < 1.29 is 9.18 Å². The summed E-state index contributed by atoms with van der Waals surface area (Å²) < 4.78 is 12.8. The summed E-state index contributed by atoms with van der Waals surface area (Å²) in [5.41, 5.74) is 6.71. The van der Waals surface area contributed by atoms with Crippen molar-refractivity contribution in [3.63, 3.8) is 0 Å². The van der Waals surface area contributed by atoms with Crippen molar-refractivity contribution in [2.75, 3.05) is 0 Å². The number of nitrogens with two attached hydrogens (primary N) is 1. The molecule has 3 nitrogen and oxygen atoms in total. The molecule has 19 heavy (non-hydrogen) atoms. The van der Waals surface area contributed by atoms with E-state index in [2.05, 4.69) is 5.32 Å². The molecule has 0 aliphatic carbocycles. The number of halogens is 1. The maximum Gasteiger partial charge on any atom is 0.242 e. The Kier molecular flexibility index (Phi) is 4.29. The van der Waals surface area contributed by atoms with Gasteiger partial charge in [-0.25, -0.2) is 4.39 Å². The van der Waals surface area contributed by atoms with Crippen LogP contribution in [0, 0.1) is 5.82 Å². The molecule has 2 atom stereocenters. The van der Waals surface area contributed by atoms with E-state index < -0.39 is 6.04 Å². The van der Waals surface area contributed by atoms with Crippen LogP contribution in [-0.2, 0) is 4.79 Å². The molecular weight excluding hydrogens is 263 g/mol. The van der Waals surface area contributed by atoms with Gasteiger partial charge in [0, 0.05) is 4.88 Å². The molecule has 1 aromatic heterocycles. The molecule has 100 valence electrons. The number of carbonyl (C=O) groups excluding carboxylic acids is 1. The van der Waals surface area contributed by atoms with Crippen LogP contribution in [0.2, 0.25) is 0 Å². The summed E-state index contributed by atoms with van der Waals surface area (Å²) in [5, 5.41) is 4.70. The molecular formula is C14H15FN2OS. The minimum absolute atomic E-state index is 0.209. The number of rotatable bonds is 4. The number of amides is 1. The van der Waals surface area contributed by atoms with E-state index in [1.807, 2.05) is 24.4 Å². The molecule has 0 radical (unpaired) electrons. The van der Waals surface area contributed by atoms with Gasteiger partial charge in [-0.3, -0.25) is 4.79 Å². The minimum atomic E-state index is -0.664. The van der Waals surface area contributed by atoms with E-state index in [4.69, 9.17) is 5.73 Å². The van der Waals surface area contributed by atoms with Crippen LogP contribution in [0.5, 0.6) is 0 Å². The fraction of sp³-hybridized carbons (Fsp3) is 0.214. The number of benzene rings is 1. The summed E-state index contributed by atoms with van der Waals surface area (Å²) in [6, 6.07) is 8.86. The van der Waals surface area contributed by atoms with E-state index in [-0.39, 0.29) is 17.8 Å². The number of nitrogens with one attached hydrogen (secondary N) is 1. The highest BCUT2D eigenvalue weighted by Gasteiger charge is 2.18. The highest BCUT2D eigenvalue weighted by atomic mass is 32.1. The van der Waals surface area contributed by atoms with E-state index in [9.17, 15) is 9.18 Å². The van der Waals surface area contributed by atoms with Gasteiger partial charge in [-0.1, -0.05) is 18.2 Å². The normalized spacial score (nSPS) is 13.8. The predicted molar refractivity (Wildman–Crippen MR) is 74.2 cm³/mol. The summed E-state index contributed by atoms with van der Waals surface area (Å²) in [5.74, 6) is -0.531. The molecule has 0 bridgehead atoms. The standard InChI is InChI=1S/C14H15FN2OS/c1-9(10-4-6-11(15)7-5-10)17-14(18)13(16)12-3-2-8-19-12/h2-9,13H,16H2,1H3,(H,17,18). The van der Waals surface area contributed by atoms with Crippen LogP contribution in [0.15, 0.2) is 41.8 Å². The van der Waals surface area contributed by atoms with Crippen molar-refractivity contribution in [1.82, 2.24) is 5.32 Å². The van der Waals surface area contributed by atoms with Crippen molar-refractivity contribution in [1.29, 1.82) is 0 Å². The smallest absolute Gasteiger partial charge is 0.242 e. The average Bonchev–Trinajstić information content (AvgIpc) is 2.92. The molecule has 1 amide bonds. The first-order valence-corrected chi connectivity index (χ1v) is 6.80. The van der Waals surface area contributed by atoms with Gasteiger partial charge in [-0.2, -0.15) is 0 Å². The first-order chi connectivity index (χ1) is 9.08. The van der Waals surface area contributed by atoms with Crippen molar-refractivity contribution in [2.45, 2.75) is 19.0 Å². The van der Waals surface area contributed by atoms with Gasteiger partial charge in [0.15, 0.2) is 0 Å². The fourth-order valence-corrected chi connectivity index (χ4v) is 2.46. The lowest BCUT2D eigenvalue weighted by atomic mass is 10.1. The molecule has 2 rings (SSSR count). The molecule has 2 unspecified atom stereocenters. The maximum atomic E-state index is 12.8. The minimum Gasteiger partial charge on any atom is -0.348 e. The molecule has 2 aromatic rings. The van der Waals surface area contributed by atoms with Gasteiger partial charge in [0.2, 0.25) is 5.91 Å². The van der Waals surface area contributed by atoms with Crippen molar-refractivity contribution >= 4 is 17.2 Å². The molecule has 0 fully saturated rings. The first-order valence-electron chi connectivity index (χ1n) is 5.93. The largest absolute Gasteiger partial charge is 0.348 e. The third kappa shape index (κ3) is 3.39. The molecule has 1 aromatic carbocycles. The zero-order chi connectivity index (χ0) is 13.8. The van der Waals surface area contributed by atoms with Crippen LogP contribution in [0.25, 0.3) is 0 Å². The van der Waals surface area contributed by atoms with E-state index in [0.29, 0.717) is 0 Å². The van der Waals surface area contributed by atoms with Gasteiger partial charge in [0.25, 0.3) is 0 Å². The lowest BCUT2D eigenvalue weighted by molar-refractivity contribution is -0.123. The second kappa shape index (κ2) is 5.95. The van der Waals surface area contributed by atoms with E-state index in [0.717, 1.165) is 10.4 Å². The van der Waals surface area contributed by atoms with Crippen LogP contribution in [-0.4, -0.2) is 5.91 Å². The van der Waals surface area contributed by atoms with Crippen LogP contribution in [0.1, 0.15) is 29.4 Å². The van der Waals surface area contributed by atoms with E-state index >= 15 is 0 Å². The molecule has 5 heteroatoms. The maximum absolute atomic E-state index is 12.8. The molecule has 0 saturated heterocycles. The fourth-order valence-electron chi connectivity index (χ4n) is 1.74. The Morgan fingerprint density at radius 2 is 2.00 bits per heavy atom. The number of thiophene rings is 1. The van der Waals surface area contributed by atoms with Gasteiger partial charge in [0.05, 0.1) is 6.04 Å². The van der Waals surface area contributed by atoms with Crippen LogP contribution in [0.4, 0.5) is 4.39 Å². The molecule has 0 saturated carbocycles. The summed E-state index contributed by atoms with van der Waals surface area (Å²) >= 11 is 1.45. The third-order valence-electron chi connectivity index (χ3n) is 2.86. The second-order valence-corrected chi connectivity index (χ2v) is 5.25. The SMILES string of the molecule is CC(NC(=O)C(N)c1cccs1)c1ccc(F)cc1. The quantitative estimate of drug-likeness (QED) is 0.903. The van der Waals surface area contributed by atoms with Crippen molar-refractivity contribution in [3.05, 3.63) is 58.0 Å². The predicted octanol–water partition coefficient (Wildman–Crippen LogP) is 2.76. The summed E-state index contributed by atoms with van der Waals surface area (Å²) in [6.07, 6.45) is 0. The topological polar surface area (TPSA) is 55.1 Å². The van der Waals surface area contributed by atoms with Gasteiger partial charge >= 0.3 is 0 Å². The molecule has 0 spiro atoms. The highest BCUT2D eigenvalue weighted by Crippen LogP contribution is 2.19. The van der Waals surface area contributed by atoms with Crippen LogP contribution < -0.4 is 11.1 Å². The summed E-state index contributed by atoms with van der Waals surface area (Å²) in [4.78, 5) is 12.8.